The van der Waals surface area contributed by atoms with E-state index in [1.807, 2.05) is 13.8 Å². The molecule has 15 heavy (non-hydrogen) atoms. The SMILES string of the molecule is CC.OC1(Cc2cccc(F)n2)CNC1. The first-order valence-electron chi connectivity index (χ1n) is 5.23. The molecule has 0 spiro atoms. The predicted octanol–water partition coefficient (Wildman–Crippen LogP) is 1.12. The molecular weight excluding hydrogens is 195 g/mol. The highest BCUT2D eigenvalue weighted by atomic mass is 19.1. The molecule has 2 rings (SSSR count). The van der Waals surface area contributed by atoms with Crippen LogP contribution in [0.1, 0.15) is 19.5 Å². The van der Waals surface area contributed by atoms with E-state index in [2.05, 4.69) is 10.3 Å². The minimum atomic E-state index is -0.721. The molecule has 0 atom stereocenters. The summed E-state index contributed by atoms with van der Waals surface area (Å²) in [7, 11) is 0. The van der Waals surface area contributed by atoms with E-state index >= 15 is 0 Å². The summed E-state index contributed by atoms with van der Waals surface area (Å²) in [6, 6.07) is 4.62. The van der Waals surface area contributed by atoms with Crippen LogP contribution >= 0.6 is 0 Å². The Hall–Kier alpha value is -1.00. The lowest BCUT2D eigenvalue weighted by Crippen LogP contribution is -2.60. The van der Waals surface area contributed by atoms with Crippen molar-refractivity contribution in [3.05, 3.63) is 29.8 Å². The largest absolute Gasteiger partial charge is 0.387 e. The van der Waals surface area contributed by atoms with E-state index in [4.69, 9.17) is 0 Å². The third-order valence-electron chi connectivity index (χ3n) is 2.19. The second-order valence-electron chi connectivity index (χ2n) is 3.46. The van der Waals surface area contributed by atoms with Crippen molar-refractivity contribution >= 4 is 0 Å². The van der Waals surface area contributed by atoms with E-state index in [9.17, 15) is 9.50 Å². The molecule has 0 aliphatic carbocycles. The Morgan fingerprint density at radius 1 is 1.47 bits per heavy atom. The van der Waals surface area contributed by atoms with Gasteiger partial charge in [-0.3, -0.25) is 0 Å². The molecule has 1 aliphatic rings. The van der Waals surface area contributed by atoms with Crippen LogP contribution < -0.4 is 5.32 Å². The number of hydrogen-bond acceptors (Lipinski definition) is 3. The second-order valence-corrected chi connectivity index (χ2v) is 3.46. The van der Waals surface area contributed by atoms with Gasteiger partial charge in [0, 0.05) is 25.2 Å². The summed E-state index contributed by atoms with van der Waals surface area (Å²) in [5, 5.41) is 12.7. The van der Waals surface area contributed by atoms with E-state index in [0.29, 0.717) is 25.2 Å². The summed E-state index contributed by atoms with van der Waals surface area (Å²) < 4.78 is 12.7. The van der Waals surface area contributed by atoms with E-state index in [0.717, 1.165) is 0 Å². The first kappa shape index (κ1) is 12.1. The Balaban J connectivity index is 0.000000531. The van der Waals surface area contributed by atoms with E-state index < -0.39 is 11.5 Å². The van der Waals surface area contributed by atoms with Crippen LogP contribution in [0.4, 0.5) is 4.39 Å². The van der Waals surface area contributed by atoms with Crippen molar-refractivity contribution in [1.82, 2.24) is 10.3 Å². The molecule has 0 amide bonds. The molecule has 1 aliphatic heterocycles. The van der Waals surface area contributed by atoms with Crippen molar-refractivity contribution < 1.29 is 9.50 Å². The van der Waals surface area contributed by atoms with Gasteiger partial charge in [-0.2, -0.15) is 4.39 Å². The van der Waals surface area contributed by atoms with Gasteiger partial charge in [0.2, 0.25) is 5.95 Å². The summed E-state index contributed by atoms with van der Waals surface area (Å²) in [6.07, 6.45) is 0.414. The predicted molar refractivity (Wildman–Crippen MR) is 57.1 cm³/mol. The van der Waals surface area contributed by atoms with Gasteiger partial charge in [-0.1, -0.05) is 19.9 Å². The maximum absolute atomic E-state index is 12.7. The molecule has 1 aromatic rings. The lowest BCUT2D eigenvalue weighted by atomic mass is 9.91. The van der Waals surface area contributed by atoms with Crippen molar-refractivity contribution in [3.63, 3.8) is 0 Å². The number of β-amino-alcohol motifs (C(OH)–C–C–N with tert-alkyl or cyclic N) is 1. The number of aromatic nitrogens is 1. The first-order valence-corrected chi connectivity index (χ1v) is 5.23. The highest BCUT2D eigenvalue weighted by molar-refractivity contribution is 5.10. The zero-order valence-corrected chi connectivity index (χ0v) is 9.13. The molecule has 3 nitrogen and oxygen atoms in total. The van der Waals surface area contributed by atoms with Crippen molar-refractivity contribution in [3.8, 4) is 0 Å². The Bertz CT molecular complexity index is 313. The summed E-state index contributed by atoms with van der Waals surface area (Å²) >= 11 is 0. The molecule has 0 saturated carbocycles. The maximum Gasteiger partial charge on any atom is 0.213 e. The van der Waals surface area contributed by atoms with Gasteiger partial charge in [-0.05, 0) is 12.1 Å². The van der Waals surface area contributed by atoms with Crippen molar-refractivity contribution in [2.45, 2.75) is 25.9 Å². The zero-order valence-electron chi connectivity index (χ0n) is 9.13. The highest BCUT2D eigenvalue weighted by Gasteiger charge is 2.34. The number of nitrogens with zero attached hydrogens (tertiary/aromatic N) is 1. The molecule has 0 aromatic carbocycles. The quantitative estimate of drug-likeness (QED) is 0.722. The van der Waals surface area contributed by atoms with Crippen molar-refractivity contribution in [2.24, 2.45) is 0 Å². The van der Waals surface area contributed by atoms with Crippen LogP contribution in [-0.2, 0) is 6.42 Å². The second kappa shape index (κ2) is 5.19. The normalized spacial score (nSPS) is 17.3. The van der Waals surface area contributed by atoms with Crippen molar-refractivity contribution in [1.29, 1.82) is 0 Å². The standard InChI is InChI=1S/C9H11FN2O.C2H6/c10-8-3-1-2-7(12-8)4-9(13)5-11-6-9;1-2/h1-3,11,13H,4-6H2;1-2H3. The monoisotopic (exact) mass is 212 g/mol. The smallest absolute Gasteiger partial charge is 0.213 e. The van der Waals surface area contributed by atoms with E-state index in [1.54, 1.807) is 12.1 Å². The molecule has 1 fully saturated rings. The van der Waals surface area contributed by atoms with E-state index in [-0.39, 0.29) is 0 Å². The fraction of sp³-hybridized carbons (Fsp3) is 0.545. The van der Waals surface area contributed by atoms with Gasteiger partial charge in [0.05, 0.1) is 5.60 Å². The van der Waals surface area contributed by atoms with Crippen LogP contribution in [-0.4, -0.2) is 28.8 Å². The molecule has 2 N–H and O–H groups in total. The Morgan fingerprint density at radius 3 is 2.60 bits per heavy atom. The van der Waals surface area contributed by atoms with Crippen LogP contribution in [0.5, 0.6) is 0 Å². The van der Waals surface area contributed by atoms with Crippen molar-refractivity contribution in [2.75, 3.05) is 13.1 Å². The summed E-state index contributed by atoms with van der Waals surface area (Å²) in [5.41, 5.74) is -0.121. The van der Waals surface area contributed by atoms with Crippen LogP contribution in [0.25, 0.3) is 0 Å². The van der Waals surface area contributed by atoms with Gasteiger partial charge in [0.1, 0.15) is 0 Å². The number of halogens is 1. The summed E-state index contributed by atoms with van der Waals surface area (Å²) in [6.45, 7) is 5.12. The molecule has 0 bridgehead atoms. The fourth-order valence-electron chi connectivity index (χ4n) is 1.42. The minimum Gasteiger partial charge on any atom is -0.387 e. The van der Waals surface area contributed by atoms with Gasteiger partial charge in [0.15, 0.2) is 0 Å². The van der Waals surface area contributed by atoms with Gasteiger partial charge in [0.25, 0.3) is 0 Å². The lowest BCUT2D eigenvalue weighted by Gasteiger charge is -2.37. The average Bonchev–Trinajstić information content (AvgIpc) is 2.19. The summed E-state index contributed by atoms with van der Waals surface area (Å²) in [4.78, 5) is 3.69. The number of aliphatic hydroxyl groups is 1. The number of nitrogens with one attached hydrogen (secondary N) is 1. The molecule has 84 valence electrons. The minimum absolute atomic E-state index is 0.414. The van der Waals surface area contributed by atoms with Gasteiger partial charge < -0.3 is 10.4 Å². The first-order chi connectivity index (χ1) is 7.18. The number of hydrogen-bond donors (Lipinski definition) is 2. The van der Waals surface area contributed by atoms with Gasteiger partial charge in [-0.25, -0.2) is 4.98 Å². The topological polar surface area (TPSA) is 45.2 Å². The molecular formula is C11H17FN2O. The van der Waals surface area contributed by atoms with Gasteiger partial charge in [-0.15, -0.1) is 0 Å². The van der Waals surface area contributed by atoms with Crippen LogP contribution in [0.15, 0.2) is 18.2 Å². The number of pyridine rings is 1. The van der Waals surface area contributed by atoms with Crippen LogP contribution in [0.3, 0.4) is 0 Å². The third kappa shape index (κ3) is 3.25. The molecule has 0 radical (unpaired) electrons. The molecule has 2 heterocycles. The summed E-state index contributed by atoms with van der Waals surface area (Å²) in [5.74, 6) is -0.492. The third-order valence-corrected chi connectivity index (χ3v) is 2.19. The number of rotatable bonds is 2. The molecule has 1 aromatic heterocycles. The molecule has 1 saturated heterocycles. The van der Waals surface area contributed by atoms with E-state index in [1.165, 1.54) is 6.07 Å². The Morgan fingerprint density at radius 2 is 2.13 bits per heavy atom. The fourth-order valence-corrected chi connectivity index (χ4v) is 1.42. The lowest BCUT2D eigenvalue weighted by molar-refractivity contribution is -0.00992. The zero-order chi connectivity index (χ0) is 11.3. The highest BCUT2D eigenvalue weighted by Crippen LogP contribution is 2.16. The van der Waals surface area contributed by atoms with Crippen LogP contribution in [0.2, 0.25) is 0 Å². The molecule has 4 heteroatoms. The Labute approximate surface area is 89.4 Å². The van der Waals surface area contributed by atoms with Crippen LogP contribution in [0, 0.1) is 5.95 Å². The van der Waals surface area contributed by atoms with Gasteiger partial charge >= 0.3 is 0 Å². The maximum atomic E-state index is 12.7. The molecule has 0 unspecified atom stereocenters. The average molecular weight is 212 g/mol. The Kier molecular flexibility index (Phi) is 4.17.